The van der Waals surface area contributed by atoms with Crippen molar-refractivity contribution in [3.63, 3.8) is 0 Å². The Morgan fingerprint density at radius 1 is 1.14 bits per heavy atom. The van der Waals surface area contributed by atoms with E-state index in [1.807, 2.05) is 18.2 Å². The van der Waals surface area contributed by atoms with E-state index in [1.54, 1.807) is 0 Å². The average Bonchev–Trinajstić information content (AvgIpc) is 2.42. The van der Waals surface area contributed by atoms with Gasteiger partial charge in [-0.25, -0.2) is 8.78 Å². The number of nitrogens with one attached hydrogen (secondary N) is 1. The molecule has 0 aromatic heterocycles. The molecule has 1 nitrogen and oxygen atoms in total. The Morgan fingerprint density at radius 3 is 2.57 bits per heavy atom. The van der Waals surface area contributed by atoms with Gasteiger partial charge >= 0.3 is 0 Å². The first-order valence-corrected chi connectivity index (χ1v) is 8.21. The number of hydrogen-bond donors (Lipinski definition) is 1. The van der Waals surface area contributed by atoms with Crippen LogP contribution in [0.25, 0.3) is 0 Å². The lowest BCUT2D eigenvalue weighted by atomic mass is 10.2. The van der Waals surface area contributed by atoms with Gasteiger partial charge in [-0.1, -0.05) is 47.6 Å². The second kappa shape index (κ2) is 7.38. The van der Waals surface area contributed by atoms with Crippen molar-refractivity contribution < 1.29 is 8.78 Å². The molecule has 2 rings (SSSR count). The first-order valence-electron chi connectivity index (χ1n) is 6.60. The zero-order valence-corrected chi connectivity index (χ0v) is 14.2. The van der Waals surface area contributed by atoms with Crippen molar-refractivity contribution in [1.29, 1.82) is 0 Å². The zero-order chi connectivity index (χ0) is 15.4. The number of benzene rings is 2. The highest BCUT2D eigenvalue weighted by Crippen LogP contribution is 2.33. The van der Waals surface area contributed by atoms with Crippen LogP contribution in [0.3, 0.4) is 0 Å². The summed E-state index contributed by atoms with van der Waals surface area (Å²) in [7, 11) is 0. The van der Waals surface area contributed by atoms with E-state index in [4.69, 9.17) is 0 Å². The van der Waals surface area contributed by atoms with Crippen molar-refractivity contribution in [2.75, 3.05) is 0 Å². The van der Waals surface area contributed by atoms with Gasteiger partial charge in [0, 0.05) is 22.0 Å². The monoisotopic (exact) mass is 371 g/mol. The fraction of sp³-hybridized carbons (Fsp3) is 0.250. The standard InChI is InChI=1S/C16H16BrF2NS/c1-10(2)20-9-11-3-5-13(8-14(11)17)21-16-7-12(18)4-6-15(16)19/h3-8,10,20H,9H2,1-2H3. The molecule has 0 heterocycles. The summed E-state index contributed by atoms with van der Waals surface area (Å²) < 4.78 is 27.8. The maximum atomic E-state index is 13.6. The van der Waals surface area contributed by atoms with Crippen molar-refractivity contribution in [3.8, 4) is 0 Å². The molecule has 0 aliphatic carbocycles. The topological polar surface area (TPSA) is 12.0 Å². The van der Waals surface area contributed by atoms with Gasteiger partial charge in [0.25, 0.3) is 0 Å². The largest absolute Gasteiger partial charge is 0.310 e. The summed E-state index contributed by atoms with van der Waals surface area (Å²) in [4.78, 5) is 1.15. The normalized spacial score (nSPS) is 11.1. The van der Waals surface area contributed by atoms with Crippen LogP contribution >= 0.6 is 27.7 Å². The van der Waals surface area contributed by atoms with Crippen LogP contribution in [-0.4, -0.2) is 6.04 Å². The fourth-order valence-electron chi connectivity index (χ4n) is 1.73. The van der Waals surface area contributed by atoms with Crippen LogP contribution in [0, 0.1) is 11.6 Å². The summed E-state index contributed by atoms with van der Waals surface area (Å²) in [6.07, 6.45) is 0. The Morgan fingerprint density at radius 2 is 1.90 bits per heavy atom. The predicted octanol–water partition coefficient (Wildman–Crippen LogP) is 5.38. The zero-order valence-electron chi connectivity index (χ0n) is 11.8. The van der Waals surface area contributed by atoms with Gasteiger partial charge in [0.2, 0.25) is 0 Å². The minimum absolute atomic E-state index is 0.287. The average molecular weight is 372 g/mol. The first kappa shape index (κ1) is 16.5. The van der Waals surface area contributed by atoms with E-state index in [0.29, 0.717) is 6.04 Å². The van der Waals surface area contributed by atoms with Gasteiger partial charge in [-0.15, -0.1) is 0 Å². The molecule has 5 heteroatoms. The highest BCUT2D eigenvalue weighted by Gasteiger charge is 2.08. The maximum Gasteiger partial charge on any atom is 0.137 e. The van der Waals surface area contributed by atoms with Gasteiger partial charge in [0.05, 0.1) is 4.90 Å². The smallest absolute Gasteiger partial charge is 0.137 e. The molecule has 0 spiro atoms. The van der Waals surface area contributed by atoms with E-state index >= 15 is 0 Å². The van der Waals surface area contributed by atoms with Crippen LogP contribution in [0.5, 0.6) is 0 Å². The number of halogens is 3. The molecular weight excluding hydrogens is 356 g/mol. The molecule has 2 aromatic carbocycles. The molecular formula is C16H16BrF2NS. The van der Waals surface area contributed by atoms with Crippen molar-refractivity contribution in [3.05, 3.63) is 58.1 Å². The van der Waals surface area contributed by atoms with E-state index in [1.165, 1.54) is 17.8 Å². The van der Waals surface area contributed by atoms with Gasteiger partial charge in [0.1, 0.15) is 11.6 Å². The lowest BCUT2D eigenvalue weighted by Gasteiger charge is -2.11. The third-order valence-electron chi connectivity index (χ3n) is 2.85. The lowest BCUT2D eigenvalue weighted by molar-refractivity contribution is 0.577. The molecule has 0 fully saturated rings. The van der Waals surface area contributed by atoms with Crippen LogP contribution < -0.4 is 5.32 Å². The summed E-state index contributed by atoms with van der Waals surface area (Å²) in [6.45, 7) is 4.94. The molecule has 0 saturated heterocycles. The first-order chi connectivity index (χ1) is 9.95. The summed E-state index contributed by atoms with van der Waals surface area (Å²) in [5, 5.41) is 3.34. The van der Waals surface area contributed by atoms with E-state index in [0.717, 1.165) is 33.6 Å². The van der Waals surface area contributed by atoms with Crippen molar-refractivity contribution in [1.82, 2.24) is 5.32 Å². The summed E-state index contributed by atoms with van der Waals surface area (Å²) in [5.41, 5.74) is 1.13. The molecule has 0 bridgehead atoms. The van der Waals surface area contributed by atoms with E-state index in [2.05, 4.69) is 35.1 Å². The lowest BCUT2D eigenvalue weighted by Crippen LogP contribution is -2.21. The quantitative estimate of drug-likeness (QED) is 0.757. The summed E-state index contributed by atoms with van der Waals surface area (Å²) in [5.74, 6) is -0.848. The fourth-order valence-corrected chi connectivity index (χ4v) is 3.31. The minimum Gasteiger partial charge on any atom is -0.310 e. The third-order valence-corrected chi connectivity index (χ3v) is 4.61. The second-order valence-corrected chi connectivity index (χ2v) is 6.94. The van der Waals surface area contributed by atoms with Gasteiger partial charge in [-0.3, -0.25) is 0 Å². The molecule has 112 valence electrons. The van der Waals surface area contributed by atoms with Crippen molar-refractivity contribution in [2.24, 2.45) is 0 Å². The molecule has 1 N–H and O–H groups in total. The minimum atomic E-state index is -0.435. The van der Waals surface area contributed by atoms with Crippen LogP contribution in [0.15, 0.2) is 50.7 Å². The van der Waals surface area contributed by atoms with Gasteiger partial charge in [-0.2, -0.15) is 0 Å². The van der Waals surface area contributed by atoms with E-state index < -0.39 is 11.6 Å². The Labute approximate surface area is 136 Å². The summed E-state index contributed by atoms with van der Waals surface area (Å²) in [6, 6.07) is 9.71. The van der Waals surface area contributed by atoms with Crippen LogP contribution in [-0.2, 0) is 6.54 Å². The van der Waals surface area contributed by atoms with Gasteiger partial charge in [0.15, 0.2) is 0 Å². The van der Waals surface area contributed by atoms with Crippen LogP contribution in [0.2, 0.25) is 0 Å². The Bertz CT molecular complexity index is 632. The Balaban J connectivity index is 2.14. The van der Waals surface area contributed by atoms with Crippen LogP contribution in [0.1, 0.15) is 19.4 Å². The SMILES string of the molecule is CC(C)NCc1ccc(Sc2cc(F)ccc2F)cc1Br. The highest BCUT2D eigenvalue weighted by atomic mass is 79.9. The second-order valence-electron chi connectivity index (χ2n) is 4.97. The Kier molecular flexibility index (Phi) is 5.79. The molecule has 0 radical (unpaired) electrons. The maximum absolute atomic E-state index is 13.6. The van der Waals surface area contributed by atoms with E-state index in [-0.39, 0.29) is 4.90 Å². The Hall–Kier alpha value is -0.910. The van der Waals surface area contributed by atoms with Crippen molar-refractivity contribution in [2.45, 2.75) is 36.2 Å². The highest BCUT2D eigenvalue weighted by molar-refractivity contribution is 9.10. The molecule has 0 aliphatic heterocycles. The van der Waals surface area contributed by atoms with E-state index in [9.17, 15) is 8.78 Å². The molecule has 0 atom stereocenters. The number of rotatable bonds is 5. The van der Waals surface area contributed by atoms with Gasteiger partial charge in [-0.05, 0) is 35.9 Å². The van der Waals surface area contributed by atoms with Gasteiger partial charge < -0.3 is 5.32 Å². The predicted molar refractivity (Wildman–Crippen MR) is 86.6 cm³/mol. The van der Waals surface area contributed by atoms with Crippen molar-refractivity contribution >= 4 is 27.7 Å². The molecule has 0 aliphatic rings. The molecule has 21 heavy (non-hydrogen) atoms. The summed E-state index contributed by atoms with van der Waals surface area (Å²) >= 11 is 4.73. The van der Waals surface area contributed by atoms with Crippen LogP contribution in [0.4, 0.5) is 8.78 Å². The molecule has 0 amide bonds. The third kappa shape index (κ3) is 4.80. The number of hydrogen-bond acceptors (Lipinski definition) is 2. The molecule has 2 aromatic rings. The molecule has 0 unspecified atom stereocenters. The molecule has 0 saturated carbocycles.